The molecular formula is C18H19ClN4OS. The van der Waals surface area contributed by atoms with E-state index < -0.39 is 0 Å². The number of piperazine rings is 1. The van der Waals surface area contributed by atoms with Gasteiger partial charge in [0.2, 0.25) is 0 Å². The normalized spacial score (nSPS) is 16.5. The second-order valence-electron chi connectivity index (χ2n) is 6.30. The average molecular weight is 375 g/mol. The molecule has 1 aliphatic rings. The number of oxazole rings is 1. The van der Waals surface area contributed by atoms with E-state index >= 15 is 0 Å². The summed E-state index contributed by atoms with van der Waals surface area (Å²) in [6.45, 7) is 5.81. The maximum atomic E-state index is 6.03. The van der Waals surface area contributed by atoms with Crippen LogP contribution in [0.1, 0.15) is 5.56 Å². The predicted octanol–water partition coefficient (Wildman–Crippen LogP) is 3.79. The number of hydrogen-bond acceptors (Lipinski definition) is 5. The summed E-state index contributed by atoms with van der Waals surface area (Å²) in [5.74, 6) is 0. The number of fused-ring (bicyclic) bond motifs is 1. The summed E-state index contributed by atoms with van der Waals surface area (Å²) < 4.78 is 7.71. The lowest BCUT2D eigenvalue weighted by molar-refractivity contribution is 0.103. The van der Waals surface area contributed by atoms with Gasteiger partial charge in [0.05, 0.1) is 12.2 Å². The van der Waals surface area contributed by atoms with Gasteiger partial charge in [-0.1, -0.05) is 11.6 Å². The highest BCUT2D eigenvalue weighted by Gasteiger charge is 2.18. The van der Waals surface area contributed by atoms with Gasteiger partial charge in [-0.05, 0) is 42.0 Å². The summed E-state index contributed by atoms with van der Waals surface area (Å²) in [4.78, 5) is 9.45. The molecule has 130 valence electrons. The van der Waals surface area contributed by atoms with Crippen molar-refractivity contribution in [3.05, 3.63) is 58.1 Å². The standard InChI is InChI=1S/C18H19ClN4OS/c19-15-1-2-16-17(11-15)24-18(25)23(16)13-22-9-7-21(8-10-22)12-14-3-5-20-6-4-14/h1-6,11H,7-10,12-13H2. The Kier molecular flexibility index (Phi) is 4.85. The fourth-order valence-corrected chi connectivity index (χ4v) is 3.62. The van der Waals surface area contributed by atoms with Crippen LogP contribution in [0, 0.1) is 4.84 Å². The third kappa shape index (κ3) is 3.77. The van der Waals surface area contributed by atoms with Gasteiger partial charge in [-0.25, -0.2) is 0 Å². The van der Waals surface area contributed by atoms with Gasteiger partial charge in [0.15, 0.2) is 5.58 Å². The fraction of sp³-hybridized carbons (Fsp3) is 0.333. The van der Waals surface area contributed by atoms with Gasteiger partial charge < -0.3 is 4.42 Å². The van der Waals surface area contributed by atoms with Crippen molar-refractivity contribution < 1.29 is 4.42 Å². The van der Waals surface area contributed by atoms with Crippen LogP contribution in [-0.4, -0.2) is 45.5 Å². The van der Waals surface area contributed by atoms with Crippen LogP contribution < -0.4 is 0 Å². The number of pyridine rings is 1. The van der Waals surface area contributed by atoms with Crippen molar-refractivity contribution in [2.75, 3.05) is 26.2 Å². The minimum atomic E-state index is 0.497. The van der Waals surface area contributed by atoms with E-state index in [2.05, 4.69) is 26.9 Å². The molecule has 1 aromatic carbocycles. The highest BCUT2D eigenvalue weighted by atomic mass is 35.5. The topological polar surface area (TPSA) is 37.4 Å². The maximum Gasteiger partial charge on any atom is 0.270 e. The van der Waals surface area contributed by atoms with Crippen LogP contribution >= 0.6 is 23.8 Å². The molecule has 1 saturated heterocycles. The first-order valence-electron chi connectivity index (χ1n) is 8.31. The lowest BCUT2D eigenvalue weighted by atomic mass is 10.2. The Balaban J connectivity index is 1.41. The molecule has 0 aliphatic carbocycles. The Hall–Kier alpha value is -1.73. The van der Waals surface area contributed by atoms with Gasteiger partial charge in [-0.3, -0.25) is 19.4 Å². The zero-order chi connectivity index (χ0) is 17.2. The van der Waals surface area contributed by atoms with Crippen LogP contribution in [0.2, 0.25) is 5.02 Å². The van der Waals surface area contributed by atoms with Crippen LogP contribution in [-0.2, 0) is 13.2 Å². The molecule has 0 unspecified atom stereocenters. The molecule has 0 N–H and O–H groups in total. The fourth-order valence-electron chi connectivity index (χ4n) is 3.21. The molecule has 4 rings (SSSR count). The van der Waals surface area contributed by atoms with Gasteiger partial charge in [0, 0.05) is 56.2 Å². The van der Waals surface area contributed by atoms with Gasteiger partial charge >= 0.3 is 0 Å². The van der Waals surface area contributed by atoms with Crippen molar-refractivity contribution in [2.24, 2.45) is 0 Å². The molecule has 1 aliphatic heterocycles. The highest BCUT2D eigenvalue weighted by molar-refractivity contribution is 7.71. The largest absolute Gasteiger partial charge is 0.429 e. The van der Waals surface area contributed by atoms with Crippen LogP contribution in [0.25, 0.3) is 11.1 Å². The molecule has 7 heteroatoms. The molecule has 5 nitrogen and oxygen atoms in total. The second kappa shape index (κ2) is 7.25. The summed E-state index contributed by atoms with van der Waals surface area (Å²) >= 11 is 11.4. The molecule has 2 aromatic heterocycles. The van der Waals surface area contributed by atoms with Gasteiger partial charge in [-0.2, -0.15) is 0 Å². The Bertz CT molecular complexity index is 916. The first-order valence-corrected chi connectivity index (χ1v) is 9.10. The van der Waals surface area contributed by atoms with E-state index in [1.165, 1.54) is 5.56 Å². The minimum Gasteiger partial charge on any atom is -0.429 e. The molecule has 0 bridgehead atoms. The van der Waals surface area contributed by atoms with Crippen LogP contribution in [0.3, 0.4) is 0 Å². The third-order valence-corrected chi connectivity index (χ3v) is 5.13. The van der Waals surface area contributed by atoms with Crippen molar-refractivity contribution in [3.8, 4) is 0 Å². The van der Waals surface area contributed by atoms with Crippen molar-refractivity contribution in [3.63, 3.8) is 0 Å². The number of halogens is 1. The molecular weight excluding hydrogens is 356 g/mol. The molecule has 0 saturated carbocycles. The van der Waals surface area contributed by atoms with E-state index in [1.54, 1.807) is 0 Å². The Morgan fingerprint density at radius 3 is 2.52 bits per heavy atom. The van der Waals surface area contributed by atoms with Gasteiger partial charge in [0.25, 0.3) is 4.84 Å². The van der Waals surface area contributed by atoms with Crippen molar-refractivity contribution in [1.82, 2.24) is 19.4 Å². The first-order chi connectivity index (χ1) is 12.2. The van der Waals surface area contributed by atoms with E-state index in [1.807, 2.05) is 35.2 Å². The summed E-state index contributed by atoms with van der Waals surface area (Å²) in [5.41, 5.74) is 3.05. The van der Waals surface area contributed by atoms with Gasteiger partial charge in [-0.15, -0.1) is 0 Å². The predicted molar refractivity (Wildman–Crippen MR) is 101 cm³/mol. The van der Waals surface area contributed by atoms with E-state index in [4.69, 9.17) is 28.2 Å². The van der Waals surface area contributed by atoms with Crippen LogP contribution in [0.15, 0.2) is 47.1 Å². The minimum absolute atomic E-state index is 0.497. The lowest BCUT2D eigenvalue weighted by Crippen LogP contribution is -2.46. The summed E-state index contributed by atoms with van der Waals surface area (Å²) in [6, 6.07) is 9.81. The number of benzene rings is 1. The number of aromatic nitrogens is 2. The highest BCUT2D eigenvalue weighted by Crippen LogP contribution is 2.22. The average Bonchev–Trinajstić information content (AvgIpc) is 2.92. The van der Waals surface area contributed by atoms with Crippen molar-refractivity contribution >= 4 is 34.9 Å². The van der Waals surface area contributed by atoms with Gasteiger partial charge in [0.1, 0.15) is 0 Å². The van der Waals surface area contributed by atoms with Crippen LogP contribution in [0.4, 0.5) is 0 Å². The van der Waals surface area contributed by atoms with Crippen molar-refractivity contribution in [1.29, 1.82) is 0 Å². The molecule has 25 heavy (non-hydrogen) atoms. The Morgan fingerprint density at radius 2 is 1.76 bits per heavy atom. The molecule has 0 spiro atoms. The van der Waals surface area contributed by atoms with E-state index in [9.17, 15) is 0 Å². The molecule has 3 heterocycles. The van der Waals surface area contributed by atoms with Crippen LogP contribution in [0.5, 0.6) is 0 Å². The summed E-state index contributed by atoms with van der Waals surface area (Å²) in [5, 5.41) is 0.660. The Labute approximate surface area is 156 Å². The number of nitrogens with zero attached hydrogens (tertiary/aromatic N) is 4. The lowest BCUT2D eigenvalue weighted by Gasteiger charge is -2.34. The summed E-state index contributed by atoms with van der Waals surface area (Å²) in [6.07, 6.45) is 3.70. The molecule has 1 fully saturated rings. The summed E-state index contributed by atoms with van der Waals surface area (Å²) in [7, 11) is 0. The van der Waals surface area contributed by atoms with Crippen molar-refractivity contribution in [2.45, 2.75) is 13.2 Å². The smallest absolute Gasteiger partial charge is 0.270 e. The molecule has 0 radical (unpaired) electrons. The van der Waals surface area contributed by atoms with E-state index in [0.717, 1.165) is 50.5 Å². The molecule has 3 aromatic rings. The molecule has 0 atom stereocenters. The molecule has 0 amide bonds. The third-order valence-electron chi connectivity index (χ3n) is 4.59. The zero-order valence-corrected chi connectivity index (χ0v) is 15.3. The van der Waals surface area contributed by atoms with E-state index in [0.29, 0.717) is 9.86 Å². The monoisotopic (exact) mass is 374 g/mol. The first kappa shape index (κ1) is 16.7. The zero-order valence-electron chi connectivity index (χ0n) is 13.8. The number of rotatable bonds is 4. The van der Waals surface area contributed by atoms with E-state index in [-0.39, 0.29) is 0 Å². The second-order valence-corrected chi connectivity index (χ2v) is 7.08. The quantitative estimate of drug-likeness (QED) is 0.649. The Morgan fingerprint density at radius 1 is 1.04 bits per heavy atom. The number of hydrogen-bond donors (Lipinski definition) is 0. The SMILES string of the molecule is S=c1oc2cc(Cl)ccc2n1CN1CCN(Cc2ccncc2)CC1. The maximum absolute atomic E-state index is 6.03.